The van der Waals surface area contributed by atoms with Crippen LogP contribution in [-0.2, 0) is 16.2 Å². The van der Waals surface area contributed by atoms with Gasteiger partial charge in [0.25, 0.3) is 0 Å². The Morgan fingerprint density at radius 2 is 1.94 bits per heavy atom. The van der Waals surface area contributed by atoms with E-state index in [2.05, 4.69) is 40.0 Å². The first-order chi connectivity index (χ1) is 16.6. The van der Waals surface area contributed by atoms with Gasteiger partial charge in [-0.3, -0.25) is 4.40 Å². The molecule has 0 aliphatic rings. The molecule has 10 heteroatoms. The van der Waals surface area contributed by atoms with Crippen molar-refractivity contribution < 1.29 is 14.3 Å². The van der Waals surface area contributed by atoms with Crippen molar-refractivity contribution in [2.75, 3.05) is 19.0 Å². The molecule has 184 valence electrons. The van der Waals surface area contributed by atoms with E-state index in [9.17, 15) is 4.79 Å². The molecular formula is C25H32N6O3Si. The van der Waals surface area contributed by atoms with Gasteiger partial charge in [0.15, 0.2) is 11.5 Å². The number of carbonyl (C=O) groups excluding carboxylic acids is 1. The van der Waals surface area contributed by atoms with Gasteiger partial charge in [-0.25, -0.2) is 19.4 Å². The number of methoxy groups -OCH3 is 1. The van der Waals surface area contributed by atoms with Crippen molar-refractivity contribution in [1.29, 1.82) is 0 Å². The van der Waals surface area contributed by atoms with E-state index in [1.807, 2.05) is 55.2 Å². The van der Waals surface area contributed by atoms with Gasteiger partial charge >= 0.3 is 5.97 Å². The molecule has 4 rings (SSSR count). The van der Waals surface area contributed by atoms with Crippen LogP contribution in [0.1, 0.15) is 21.6 Å². The standard InChI is InChI=1S/C25H32N6O3Si/c1-17-11-20(7-8-21(17)25(32)33-3)29-23-24-26-13-22(31(24)14-18(2)28-23)19-12-27-30(15-19)16-34-9-10-35(4,5)6/h7-8,11-15H,9-10,16H2,1-6H3,(H,28,29). The van der Waals surface area contributed by atoms with Crippen LogP contribution in [-0.4, -0.2) is 51.9 Å². The molecule has 1 N–H and O–H groups in total. The van der Waals surface area contributed by atoms with Gasteiger partial charge < -0.3 is 14.8 Å². The number of fused-ring (bicyclic) bond motifs is 1. The number of hydrogen-bond acceptors (Lipinski definition) is 7. The average molecular weight is 493 g/mol. The first-order valence-corrected chi connectivity index (χ1v) is 15.3. The highest BCUT2D eigenvalue weighted by atomic mass is 28.3. The molecule has 0 saturated heterocycles. The predicted molar refractivity (Wildman–Crippen MR) is 139 cm³/mol. The van der Waals surface area contributed by atoms with Crippen molar-refractivity contribution in [1.82, 2.24) is 24.1 Å². The first-order valence-electron chi connectivity index (χ1n) is 11.6. The maximum Gasteiger partial charge on any atom is 0.338 e. The summed E-state index contributed by atoms with van der Waals surface area (Å²) in [5.41, 5.74) is 5.55. The Hall–Kier alpha value is -3.50. The first kappa shape index (κ1) is 24.6. The van der Waals surface area contributed by atoms with Crippen molar-refractivity contribution in [2.45, 2.75) is 46.3 Å². The number of aromatic nitrogens is 5. The molecule has 4 aromatic rings. The number of nitrogens with zero attached hydrogens (tertiary/aromatic N) is 5. The summed E-state index contributed by atoms with van der Waals surface area (Å²) in [6, 6.07) is 6.59. The van der Waals surface area contributed by atoms with Gasteiger partial charge in [0.05, 0.1) is 36.5 Å². The molecule has 0 radical (unpaired) electrons. The van der Waals surface area contributed by atoms with Crippen molar-refractivity contribution in [3.8, 4) is 11.3 Å². The molecule has 0 atom stereocenters. The molecule has 0 saturated carbocycles. The number of anilines is 2. The summed E-state index contributed by atoms with van der Waals surface area (Å²) in [7, 11) is 0.262. The number of benzene rings is 1. The molecule has 0 fully saturated rings. The number of esters is 1. The Balaban J connectivity index is 1.55. The van der Waals surface area contributed by atoms with Crippen LogP contribution in [0.25, 0.3) is 16.9 Å². The summed E-state index contributed by atoms with van der Waals surface area (Å²) in [4.78, 5) is 21.2. The van der Waals surface area contributed by atoms with Gasteiger partial charge in [-0.2, -0.15) is 5.10 Å². The van der Waals surface area contributed by atoms with Gasteiger partial charge in [-0.05, 0) is 43.7 Å². The summed E-state index contributed by atoms with van der Waals surface area (Å²) in [6.07, 6.45) is 7.57. The van der Waals surface area contributed by atoms with Gasteiger partial charge in [-0.1, -0.05) is 19.6 Å². The van der Waals surface area contributed by atoms with Crippen molar-refractivity contribution in [3.05, 3.63) is 59.8 Å². The predicted octanol–water partition coefficient (Wildman–Crippen LogP) is 5.05. The van der Waals surface area contributed by atoms with E-state index < -0.39 is 8.07 Å². The van der Waals surface area contributed by atoms with Gasteiger partial charge in [0.2, 0.25) is 0 Å². The molecule has 0 spiro atoms. The van der Waals surface area contributed by atoms with Crippen LogP contribution in [0.2, 0.25) is 25.7 Å². The molecule has 9 nitrogen and oxygen atoms in total. The second-order valence-electron chi connectivity index (χ2n) is 9.83. The quantitative estimate of drug-likeness (QED) is 0.198. The molecular weight excluding hydrogens is 460 g/mol. The fourth-order valence-electron chi connectivity index (χ4n) is 3.73. The molecule has 0 aliphatic carbocycles. The number of aryl methyl sites for hydroxylation is 2. The van der Waals surface area contributed by atoms with Crippen LogP contribution < -0.4 is 5.32 Å². The van der Waals surface area contributed by atoms with Gasteiger partial charge in [0, 0.05) is 38.3 Å². The Labute approximate surface area is 206 Å². The van der Waals surface area contributed by atoms with E-state index in [-0.39, 0.29) is 5.97 Å². The number of rotatable bonds is 9. The lowest BCUT2D eigenvalue weighted by Gasteiger charge is -2.15. The Bertz CT molecular complexity index is 1360. The van der Waals surface area contributed by atoms with E-state index >= 15 is 0 Å². The molecule has 35 heavy (non-hydrogen) atoms. The Morgan fingerprint density at radius 1 is 1.14 bits per heavy atom. The maximum absolute atomic E-state index is 11.9. The molecule has 1 aromatic carbocycles. The summed E-state index contributed by atoms with van der Waals surface area (Å²) < 4.78 is 14.5. The largest absolute Gasteiger partial charge is 0.465 e. The van der Waals surface area contributed by atoms with Crippen LogP contribution in [0, 0.1) is 13.8 Å². The zero-order valence-electron chi connectivity index (χ0n) is 21.1. The number of hydrogen-bond donors (Lipinski definition) is 1. The summed E-state index contributed by atoms with van der Waals surface area (Å²) in [6.45, 7) is 12.0. The second-order valence-corrected chi connectivity index (χ2v) is 15.5. The zero-order chi connectivity index (χ0) is 25.2. The lowest BCUT2D eigenvalue weighted by atomic mass is 10.1. The van der Waals surface area contributed by atoms with Crippen molar-refractivity contribution in [2.24, 2.45) is 0 Å². The highest BCUT2D eigenvalue weighted by Gasteiger charge is 2.16. The minimum absolute atomic E-state index is 0.356. The summed E-state index contributed by atoms with van der Waals surface area (Å²) in [5, 5.41) is 7.80. The maximum atomic E-state index is 11.9. The van der Waals surface area contributed by atoms with E-state index in [1.54, 1.807) is 10.7 Å². The topological polar surface area (TPSA) is 95.6 Å². The summed E-state index contributed by atoms with van der Waals surface area (Å²) >= 11 is 0. The SMILES string of the molecule is COC(=O)c1ccc(Nc2nc(C)cn3c(-c4cnn(COCC[Si](C)(C)C)c4)cnc23)cc1C. The highest BCUT2D eigenvalue weighted by Crippen LogP contribution is 2.27. The normalized spacial score (nSPS) is 11.7. The number of imidazole rings is 1. The van der Waals surface area contributed by atoms with Crippen LogP contribution in [0.5, 0.6) is 0 Å². The fraction of sp³-hybridized carbons (Fsp3) is 0.360. The number of ether oxygens (including phenoxy) is 2. The Kier molecular flexibility index (Phi) is 7.04. The minimum Gasteiger partial charge on any atom is -0.465 e. The highest BCUT2D eigenvalue weighted by molar-refractivity contribution is 6.76. The third-order valence-corrected chi connectivity index (χ3v) is 7.36. The van der Waals surface area contributed by atoms with Crippen LogP contribution in [0.4, 0.5) is 11.5 Å². The van der Waals surface area contributed by atoms with Gasteiger partial charge in [-0.15, -0.1) is 0 Å². The minimum atomic E-state index is -1.12. The molecule has 3 aromatic heterocycles. The van der Waals surface area contributed by atoms with Crippen LogP contribution in [0.3, 0.4) is 0 Å². The fourth-order valence-corrected chi connectivity index (χ4v) is 4.48. The monoisotopic (exact) mass is 492 g/mol. The molecule has 3 heterocycles. The van der Waals surface area contributed by atoms with Crippen molar-refractivity contribution >= 4 is 31.2 Å². The zero-order valence-corrected chi connectivity index (χ0v) is 22.1. The second kappa shape index (κ2) is 10.0. The molecule has 0 bridgehead atoms. The van der Waals surface area contributed by atoms with E-state index in [0.29, 0.717) is 23.8 Å². The van der Waals surface area contributed by atoms with E-state index in [1.165, 1.54) is 7.11 Å². The molecule has 0 aliphatic heterocycles. The van der Waals surface area contributed by atoms with E-state index in [0.717, 1.165) is 40.9 Å². The van der Waals surface area contributed by atoms with Gasteiger partial charge in [0.1, 0.15) is 6.73 Å². The lowest BCUT2D eigenvalue weighted by Crippen LogP contribution is -2.22. The van der Waals surface area contributed by atoms with Crippen LogP contribution in [0.15, 0.2) is 43.0 Å². The smallest absolute Gasteiger partial charge is 0.338 e. The Morgan fingerprint density at radius 3 is 2.66 bits per heavy atom. The van der Waals surface area contributed by atoms with Crippen molar-refractivity contribution in [3.63, 3.8) is 0 Å². The van der Waals surface area contributed by atoms with Crippen LogP contribution >= 0.6 is 0 Å². The third kappa shape index (κ3) is 5.77. The number of carbonyl (C=O) groups is 1. The van der Waals surface area contributed by atoms with E-state index in [4.69, 9.17) is 9.47 Å². The summed E-state index contributed by atoms with van der Waals surface area (Å²) in [5.74, 6) is 0.272. The average Bonchev–Trinajstić information content (AvgIpc) is 3.42. The molecule has 0 amide bonds. The lowest BCUT2D eigenvalue weighted by molar-refractivity contribution is 0.0600. The number of nitrogens with one attached hydrogen (secondary N) is 1. The third-order valence-electron chi connectivity index (χ3n) is 5.66. The molecule has 0 unspecified atom stereocenters.